The predicted molar refractivity (Wildman–Crippen MR) is 73.0 cm³/mol. The van der Waals surface area contributed by atoms with E-state index < -0.39 is 0 Å². The monoisotopic (exact) mass is 263 g/mol. The van der Waals surface area contributed by atoms with Gasteiger partial charge in [-0.15, -0.1) is 0 Å². The molecule has 0 spiro atoms. The van der Waals surface area contributed by atoms with Crippen LogP contribution in [0.1, 0.15) is 12.0 Å². The molecule has 0 N–H and O–H groups in total. The highest BCUT2D eigenvalue weighted by Crippen LogP contribution is 2.14. The van der Waals surface area contributed by atoms with E-state index in [-0.39, 0.29) is 12.0 Å². The normalized spacial score (nSPS) is 18.8. The van der Waals surface area contributed by atoms with E-state index in [0.29, 0.717) is 26.2 Å². The zero-order chi connectivity index (χ0) is 13.5. The lowest BCUT2D eigenvalue weighted by atomic mass is 10.1. The van der Waals surface area contributed by atoms with Gasteiger partial charge in [-0.05, 0) is 12.0 Å². The van der Waals surface area contributed by atoms with Crippen molar-refractivity contribution in [2.75, 3.05) is 33.4 Å². The summed E-state index contributed by atoms with van der Waals surface area (Å²) in [6, 6.07) is 9.86. The molecule has 0 aromatic heterocycles. The van der Waals surface area contributed by atoms with Gasteiger partial charge in [0, 0.05) is 20.2 Å². The smallest absolute Gasteiger partial charge is 0.227 e. The Balaban J connectivity index is 1.75. The van der Waals surface area contributed by atoms with Crippen LogP contribution in [0.5, 0.6) is 0 Å². The molecule has 1 aromatic rings. The van der Waals surface area contributed by atoms with Gasteiger partial charge in [-0.1, -0.05) is 30.3 Å². The molecule has 1 unspecified atom stereocenters. The number of benzene rings is 1. The van der Waals surface area contributed by atoms with Crippen molar-refractivity contribution in [3.63, 3.8) is 0 Å². The minimum Gasteiger partial charge on any atom is -0.382 e. The van der Waals surface area contributed by atoms with Crippen molar-refractivity contribution >= 4 is 5.91 Å². The predicted octanol–water partition coefficient (Wildman–Crippen LogP) is 1.49. The van der Waals surface area contributed by atoms with Gasteiger partial charge in [0.25, 0.3) is 0 Å². The van der Waals surface area contributed by atoms with Crippen molar-refractivity contribution in [1.82, 2.24) is 4.90 Å². The van der Waals surface area contributed by atoms with E-state index in [1.807, 2.05) is 35.2 Å². The highest BCUT2D eigenvalue weighted by molar-refractivity contribution is 5.79. The summed E-state index contributed by atoms with van der Waals surface area (Å²) in [5, 5.41) is 0. The molecular weight excluding hydrogens is 242 g/mol. The first kappa shape index (κ1) is 14.0. The number of rotatable bonds is 6. The van der Waals surface area contributed by atoms with Crippen molar-refractivity contribution in [1.29, 1.82) is 0 Å². The van der Waals surface area contributed by atoms with Gasteiger partial charge >= 0.3 is 0 Å². The van der Waals surface area contributed by atoms with E-state index in [4.69, 9.17) is 9.47 Å². The van der Waals surface area contributed by atoms with Crippen LogP contribution in [0.4, 0.5) is 0 Å². The first-order valence-corrected chi connectivity index (χ1v) is 6.72. The molecule has 1 fully saturated rings. The average Bonchev–Trinajstić information content (AvgIpc) is 2.89. The topological polar surface area (TPSA) is 38.8 Å². The van der Waals surface area contributed by atoms with Crippen molar-refractivity contribution in [3.05, 3.63) is 35.9 Å². The number of hydrogen-bond acceptors (Lipinski definition) is 3. The molecule has 1 aliphatic rings. The van der Waals surface area contributed by atoms with E-state index in [0.717, 1.165) is 18.5 Å². The maximum atomic E-state index is 12.1. The molecule has 1 heterocycles. The number of likely N-dealkylation sites (tertiary alicyclic amines) is 1. The van der Waals surface area contributed by atoms with Gasteiger partial charge in [-0.2, -0.15) is 0 Å². The Morgan fingerprint density at radius 3 is 2.84 bits per heavy atom. The van der Waals surface area contributed by atoms with Crippen LogP contribution in [0, 0.1) is 0 Å². The van der Waals surface area contributed by atoms with E-state index in [2.05, 4.69) is 0 Å². The second-order valence-electron chi connectivity index (χ2n) is 4.78. The van der Waals surface area contributed by atoms with Crippen LogP contribution in [0.2, 0.25) is 0 Å². The van der Waals surface area contributed by atoms with Crippen LogP contribution < -0.4 is 0 Å². The van der Waals surface area contributed by atoms with Crippen molar-refractivity contribution in [2.24, 2.45) is 0 Å². The second kappa shape index (κ2) is 7.26. The lowest BCUT2D eigenvalue weighted by Crippen LogP contribution is -2.31. The van der Waals surface area contributed by atoms with Crippen LogP contribution in [0.15, 0.2) is 30.3 Å². The maximum absolute atomic E-state index is 12.1. The molecular formula is C15H21NO3. The molecule has 0 radical (unpaired) electrons. The first-order chi connectivity index (χ1) is 9.29. The van der Waals surface area contributed by atoms with E-state index >= 15 is 0 Å². The van der Waals surface area contributed by atoms with Crippen LogP contribution >= 0.6 is 0 Å². The standard InChI is InChI=1S/C15H21NO3/c1-18-9-10-19-14-7-8-16(12-14)15(17)11-13-5-3-2-4-6-13/h2-6,14H,7-12H2,1H3. The molecule has 0 bridgehead atoms. The highest BCUT2D eigenvalue weighted by atomic mass is 16.5. The molecule has 4 heteroatoms. The molecule has 1 aromatic carbocycles. The van der Waals surface area contributed by atoms with Gasteiger partial charge < -0.3 is 14.4 Å². The Labute approximate surface area is 114 Å². The van der Waals surface area contributed by atoms with Crippen LogP contribution in [0.25, 0.3) is 0 Å². The molecule has 0 saturated carbocycles. The van der Waals surface area contributed by atoms with Gasteiger partial charge in [0.1, 0.15) is 0 Å². The van der Waals surface area contributed by atoms with Crippen molar-refractivity contribution < 1.29 is 14.3 Å². The minimum absolute atomic E-state index is 0.162. The molecule has 1 saturated heterocycles. The number of carbonyl (C=O) groups excluding carboxylic acids is 1. The van der Waals surface area contributed by atoms with E-state index in [1.54, 1.807) is 7.11 Å². The largest absolute Gasteiger partial charge is 0.382 e. The fourth-order valence-corrected chi connectivity index (χ4v) is 2.27. The number of hydrogen-bond donors (Lipinski definition) is 0. The maximum Gasteiger partial charge on any atom is 0.227 e. The Bertz CT molecular complexity index is 394. The summed E-state index contributed by atoms with van der Waals surface area (Å²) in [4.78, 5) is 14.0. The SMILES string of the molecule is COCCOC1CCN(C(=O)Cc2ccccc2)C1. The van der Waals surface area contributed by atoms with Crippen LogP contribution in [-0.2, 0) is 20.7 Å². The third kappa shape index (κ3) is 4.33. The molecule has 19 heavy (non-hydrogen) atoms. The highest BCUT2D eigenvalue weighted by Gasteiger charge is 2.26. The number of methoxy groups -OCH3 is 1. The van der Waals surface area contributed by atoms with Crippen LogP contribution in [0.3, 0.4) is 0 Å². The number of nitrogens with zero attached hydrogens (tertiary/aromatic N) is 1. The van der Waals surface area contributed by atoms with E-state index in [9.17, 15) is 4.79 Å². The van der Waals surface area contributed by atoms with E-state index in [1.165, 1.54) is 0 Å². The van der Waals surface area contributed by atoms with Gasteiger partial charge in [0.05, 0.1) is 25.7 Å². The Morgan fingerprint density at radius 2 is 2.11 bits per heavy atom. The van der Waals surface area contributed by atoms with Crippen molar-refractivity contribution in [2.45, 2.75) is 18.9 Å². The molecule has 1 amide bonds. The molecule has 104 valence electrons. The first-order valence-electron chi connectivity index (χ1n) is 6.72. The summed E-state index contributed by atoms with van der Waals surface area (Å²) in [5.41, 5.74) is 1.07. The molecule has 1 aliphatic heterocycles. The summed E-state index contributed by atoms with van der Waals surface area (Å²) in [6.07, 6.45) is 1.56. The molecule has 1 atom stereocenters. The lowest BCUT2D eigenvalue weighted by molar-refractivity contribution is -0.130. The molecule has 4 nitrogen and oxygen atoms in total. The summed E-state index contributed by atoms with van der Waals surface area (Å²) in [5.74, 6) is 0.184. The number of carbonyl (C=O) groups is 1. The fourth-order valence-electron chi connectivity index (χ4n) is 2.27. The van der Waals surface area contributed by atoms with Gasteiger partial charge in [0.15, 0.2) is 0 Å². The summed E-state index contributed by atoms with van der Waals surface area (Å²) in [6.45, 7) is 2.70. The second-order valence-corrected chi connectivity index (χ2v) is 4.78. The Kier molecular flexibility index (Phi) is 5.36. The van der Waals surface area contributed by atoms with Gasteiger partial charge in [-0.3, -0.25) is 4.79 Å². The van der Waals surface area contributed by atoms with Gasteiger partial charge in [0.2, 0.25) is 5.91 Å². The number of amides is 1. The third-order valence-corrected chi connectivity index (χ3v) is 3.34. The molecule has 0 aliphatic carbocycles. The summed E-state index contributed by atoms with van der Waals surface area (Å²) < 4.78 is 10.6. The fraction of sp³-hybridized carbons (Fsp3) is 0.533. The van der Waals surface area contributed by atoms with Crippen molar-refractivity contribution in [3.8, 4) is 0 Å². The Hall–Kier alpha value is -1.39. The van der Waals surface area contributed by atoms with Gasteiger partial charge in [-0.25, -0.2) is 0 Å². The quantitative estimate of drug-likeness (QED) is 0.730. The van der Waals surface area contributed by atoms with Crippen LogP contribution in [-0.4, -0.2) is 50.3 Å². The number of ether oxygens (including phenoxy) is 2. The zero-order valence-corrected chi connectivity index (χ0v) is 11.4. The lowest BCUT2D eigenvalue weighted by Gasteiger charge is -2.16. The summed E-state index contributed by atoms with van der Waals surface area (Å²) >= 11 is 0. The Morgan fingerprint density at radius 1 is 1.32 bits per heavy atom. The minimum atomic E-state index is 0.162. The summed E-state index contributed by atoms with van der Waals surface area (Å²) in [7, 11) is 1.66. The average molecular weight is 263 g/mol. The zero-order valence-electron chi connectivity index (χ0n) is 11.4. The third-order valence-electron chi connectivity index (χ3n) is 3.34. The molecule has 2 rings (SSSR count).